The van der Waals surface area contributed by atoms with Gasteiger partial charge in [-0.2, -0.15) is 0 Å². The van der Waals surface area contributed by atoms with Gasteiger partial charge in [0.25, 0.3) is 10.0 Å². The van der Waals surface area contributed by atoms with Gasteiger partial charge in [0, 0.05) is 6.54 Å². The Balaban J connectivity index is 1.83. The van der Waals surface area contributed by atoms with Gasteiger partial charge in [-0.25, -0.2) is 13.4 Å². The minimum Gasteiger partial charge on any atom is -0.342 e. The van der Waals surface area contributed by atoms with Gasteiger partial charge in [0.15, 0.2) is 0 Å². The van der Waals surface area contributed by atoms with E-state index in [-0.39, 0.29) is 0 Å². The number of sulfonamides is 1. The van der Waals surface area contributed by atoms with Crippen molar-refractivity contribution in [2.24, 2.45) is 0 Å². The molecule has 0 amide bonds. The van der Waals surface area contributed by atoms with E-state index in [4.69, 9.17) is 0 Å². The van der Waals surface area contributed by atoms with Crippen molar-refractivity contribution < 1.29 is 8.42 Å². The maximum atomic E-state index is 13.1. The molecule has 0 spiro atoms. The van der Waals surface area contributed by atoms with Crippen LogP contribution < -0.4 is 4.31 Å². The number of hydrogen-bond acceptors (Lipinski definition) is 3. The molecule has 1 N–H and O–H groups in total. The molecule has 6 heteroatoms. The van der Waals surface area contributed by atoms with E-state index in [9.17, 15) is 8.42 Å². The largest absolute Gasteiger partial charge is 0.342 e. The first kappa shape index (κ1) is 14.3. The summed E-state index contributed by atoms with van der Waals surface area (Å²) in [5, 5.41) is 0. The highest BCUT2D eigenvalue weighted by atomic mass is 32.2. The number of imidazole rings is 1. The minimum absolute atomic E-state index is 0.297. The SMILES string of the molecule is Cc1nc2ccc(S(=O)(=O)N3CCCc4ccccc43)cc2[nH]1. The van der Waals surface area contributed by atoms with E-state index in [1.807, 2.05) is 31.2 Å². The molecule has 4 rings (SSSR count). The lowest BCUT2D eigenvalue weighted by molar-refractivity contribution is 0.586. The molecule has 0 saturated carbocycles. The molecule has 2 heterocycles. The lowest BCUT2D eigenvalue weighted by atomic mass is 10.0. The van der Waals surface area contributed by atoms with Gasteiger partial charge in [-0.1, -0.05) is 18.2 Å². The third kappa shape index (κ3) is 2.30. The van der Waals surface area contributed by atoms with Gasteiger partial charge >= 0.3 is 0 Å². The highest BCUT2D eigenvalue weighted by molar-refractivity contribution is 7.92. The van der Waals surface area contributed by atoms with Crippen LogP contribution in [0, 0.1) is 6.92 Å². The van der Waals surface area contributed by atoms with Gasteiger partial charge in [-0.05, 0) is 49.6 Å². The van der Waals surface area contributed by atoms with Crippen LogP contribution in [0.5, 0.6) is 0 Å². The molecule has 5 nitrogen and oxygen atoms in total. The maximum Gasteiger partial charge on any atom is 0.264 e. The summed E-state index contributed by atoms with van der Waals surface area (Å²) in [6, 6.07) is 12.8. The van der Waals surface area contributed by atoms with Crippen molar-refractivity contribution >= 4 is 26.7 Å². The number of aromatic nitrogens is 2. The van der Waals surface area contributed by atoms with Crippen LogP contribution >= 0.6 is 0 Å². The minimum atomic E-state index is -3.57. The number of anilines is 1. The van der Waals surface area contributed by atoms with Gasteiger partial charge in [0.1, 0.15) is 5.82 Å². The molecule has 1 aliphatic heterocycles. The van der Waals surface area contributed by atoms with Crippen molar-refractivity contribution in [1.29, 1.82) is 0 Å². The van der Waals surface area contributed by atoms with Crippen LogP contribution in [0.3, 0.4) is 0 Å². The quantitative estimate of drug-likeness (QED) is 0.787. The van der Waals surface area contributed by atoms with Crippen LogP contribution in [0.15, 0.2) is 47.4 Å². The lowest BCUT2D eigenvalue weighted by Gasteiger charge is -2.30. The Labute approximate surface area is 135 Å². The van der Waals surface area contributed by atoms with Crippen molar-refractivity contribution in [3.8, 4) is 0 Å². The number of nitrogens with zero attached hydrogens (tertiary/aromatic N) is 2. The zero-order valence-corrected chi connectivity index (χ0v) is 13.6. The lowest BCUT2D eigenvalue weighted by Crippen LogP contribution is -2.35. The average Bonchev–Trinajstić information content (AvgIpc) is 2.93. The summed E-state index contributed by atoms with van der Waals surface area (Å²) >= 11 is 0. The average molecular weight is 327 g/mol. The van der Waals surface area contributed by atoms with Crippen molar-refractivity contribution in [3.05, 3.63) is 53.9 Å². The van der Waals surface area contributed by atoms with Crippen LogP contribution in [-0.2, 0) is 16.4 Å². The van der Waals surface area contributed by atoms with Crippen molar-refractivity contribution in [2.45, 2.75) is 24.7 Å². The van der Waals surface area contributed by atoms with Gasteiger partial charge in [0.05, 0.1) is 21.6 Å². The van der Waals surface area contributed by atoms with Crippen LogP contribution in [0.25, 0.3) is 11.0 Å². The molecule has 0 saturated heterocycles. The number of hydrogen-bond donors (Lipinski definition) is 1. The summed E-state index contributed by atoms with van der Waals surface area (Å²) in [6.07, 6.45) is 1.75. The fourth-order valence-electron chi connectivity index (χ4n) is 3.15. The summed E-state index contributed by atoms with van der Waals surface area (Å²) in [5.74, 6) is 0.776. The number of nitrogens with one attached hydrogen (secondary N) is 1. The smallest absolute Gasteiger partial charge is 0.264 e. The van der Waals surface area contributed by atoms with E-state index < -0.39 is 10.0 Å². The monoisotopic (exact) mass is 327 g/mol. The number of aromatic amines is 1. The van der Waals surface area contributed by atoms with Crippen LogP contribution in [0.1, 0.15) is 17.8 Å². The van der Waals surface area contributed by atoms with Crippen molar-refractivity contribution in [2.75, 3.05) is 10.8 Å². The molecule has 3 aromatic rings. The van der Waals surface area contributed by atoms with E-state index >= 15 is 0 Å². The molecule has 0 aliphatic carbocycles. The number of benzene rings is 2. The summed E-state index contributed by atoms with van der Waals surface area (Å²) in [5.41, 5.74) is 3.40. The van der Waals surface area contributed by atoms with Crippen LogP contribution in [0.4, 0.5) is 5.69 Å². The molecule has 0 unspecified atom stereocenters. The third-order valence-corrected chi connectivity index (χ3v) is 6.04. The molecule has 0 bridgehead atoms. The first-order valence-electron chi connectivity index (χ1n) is 7.63. The fourth-order valence-corrected chi connectivity index (χ4v) is 4.72. The van der Waals surface area contributed by atoms with Crippen LogP contribution in [-0.4, -0.2) is 24.9 Å². The third-order valence-electron chi connectivity index (χ3n) is 4.23. The zero-order valence-electron chi connectivity index (χ0n) is 12.8. The maximum absolute atomic E-state index is 13.1. The number of rotatable bonds is 2. The molecule has 1 aromatic heterocycles. The molecular formula is C17H17N3O2S. The molecule has 0 fully saturated rings. The second-order valence-corrected chi connectivity index (χ2v) is 7.67. The van der Waals surface area contributed by atoms with E-state index in [0.29, 0.717) is 11.4 Å². The normalized spacial score (nSPS) is 14.9. The number of para-hydroxylation sites is 1. The zero-order chi connectivity index (χ0) is 16.0. The topological polar surface area (TPSA) is 66.1 Å². The Morgan fingerprint density at radius 3 is 2.87 bits per heavy atom. The Kier molecular flexibility index (Phi) is 3.16. The standard InChI is InChI=1S/C17H17N3O2S/c1-12-18-15-9-8-14(11-16(15)19-12)23(21,22)20-10-4-6-13-5-2-3-7-17(13)20/h2-3,5,7-9,11H,4,6,10H2,1H3,(H,18,19). The second kappa shape index (κ2) is 5.09. The molecule has 0 radical (unpaired) electrons. The number of aryl methyl sites for hydroxylation is 2. The summed E-state index contributed by atoms with van der Waals surface area (Å²) in [4.78, 5) is 7.72. The predicted octanol–water partition coefficient (Wildman–Crippen LogP) is 3.01. The molecule has 0 atom stereocenters. The van der Waals surface area contributed by atoms with E-state index in [1.54, 1.807) is 18.2 Å². The van der Waals surface area contributed by atoms with Gasteiger partial charge < -0.3 is 4.98 Å². The van der Waals surface area contributed by atoms with Crippen molar-refractivity contribution in [3.63, 3.8) is 0 Å². The molecule has 1 aliphatic rings. The number of fused-ring (bicyclic) bond motifs is 2. The predicted molar refractivity (Wildman–Crippen MR) is 90.1 cm³/mol. The van der Waals surface area contributed by atoms with Crippen LogP contribution in [0.2, 0.25) is 0 Å². The Morgan fingerprint density at radius 1 is 1.17 bits per heavy atom. The molecule has 23 heavy (non-hydrogen) atoms. The first-order valence-corrected chi connectivity index (χ1v) is 9.07. The Bertz CT molecular complexity index is 992. The van der Waals surface area contributed by atoms with Crippen molar-refractivity contribution in [1.82, 2.24) is 9.97 Å². The fraction of sp³-hybridized carbons (Fsp3) is 0.235. The first-order chi connectivity index (χ1) is 11.1. The second-order valence-electron chi connectivity index (χ2n) is 5.81. The number of H-pyrrole nitrogens is 1. The van der Waals surface area contributed by atoms with Gasteiger partial charge in [-0.3, -0.25) is 4.31 Å². The molecular weight excluding hydrogens is 310 g/mol. The summed E-state index contributed by atoms with van der Waals surface area (Å²) in [6.45, 7) is 2.37. The van der Waals surface area contributed by atoms with E-state index in [2.05, 4.69) is 9.97 Å². The van der Waals surface area contributed by atoms with E-state index in [1.165, 1.54) is 4.31 Å². The summed E-state index contributed by atoms with van der Waals surface area (Å²) < 4.78 is 27.7. The summed E-state index contributed by atoms with van der Waals surface area (Å²) in [7, 11) is -3.57. The highest BCUT2D eigenvalue weighted by Gasteiger charge is 2.29. The Hall–Kier alpha value is -2.34. The van der Waals surface area contributed by atoms with Gasteiger partial charge in [-0.15, -0.1) is 0 Å². The molecule has 118 valence electrons. The molecule has 2 aromatic carbocycles. The van der Waals surface area contributed by atoms with E-state index in [0.717, 1.165) is 41.0 Å². The van der Waals surface area contributed by atoms with Gasteiger partial charge in [0.2, 0.25) is 0 Å². The highest BCUT2D eigenvalue weighted by Crippen LogP contribution is 2.32. The Morgan fingerprint density at radius 2 is 2.00 bits per heavy atom.